The minimum absolute atomic E-state index is 0.560. The highest BCUT2D eigenvalue weighted by Gasteiger charge is 2.10. The van der Waals surface area contributed by atoms with E-state index < -0.39 is 0 Å². The first-order valence-electron chi connectivity index (χ1n) is 6.43. The third kappa shape index (κ3) is 3.75. The Morgan fingerprint density at radius 1 is 1.24 bits per heavy atom. The summed E-state index contributed by atoms with van der Waals surface area (Å²) in [5.74, 6) is 2.64. The summed E-state index contributed by atoms with van der Waals surface area (Å²) in [6.45, 7) is 2.74. The fourth-order valence-electron chi connectivity index (χ4n) is 1.74. The molecule has 6 nitrogen and oxygen atoms in total. The predicted molar refractivity (Wildman–Crippen MR) is 86.7 cm³/mol. The van der Waals surface area contributed by atoms with Gasteiger partial charge in [0.25, 0.3) is 0 Å². The van der Waals surface area contributed by atoms with E-state index in [1.54, 1.807) is 20.4 Å². The van der Waals surface area contributed by atoms with E-state index in [1.807, 2.05) is 25.1 Å². The Bertz CT molecular complexity index is 622. The van der Waals surface area contributed by atoms with Crippen LogP contribution in [0.15, 0.2) is 28.9 Å². The number of hydrogen-bond acceptors (Lipinski definition) is 6. The van der Waals surface area contributed by atoms with Crippen molar-refractivity contribution in [2.45, 2.75) is 6.92 Å². The van der Waals surface area contributed by atoms with Crippen molar-refractivity contribution in [3.05, 3.63) is 28.9 Å². The average Bonchev–Trinajstić information content (AvgIpc) is 2.50. The molecular weight excluding hydrogens is 336 g/mol. The van der Waals surface area contributed by atoms with Gasteiger partial charge in [0.2, 0.25) is 5.95 Å². The summed E-state index contributed by atoms with van der Waals surface area (Å²) < 4.78 is 11.3. The molecule has 0 bridgehead atoms. The van der Waals surface area contributed by atoms with Crippen LogP contribution in [0.3, 0.4) is 0 Å². The van der Waals surface area contributed by atoms with Crippen molar-refractivity contribution in [1.29, 1.82) is 0 Å². The van der Waals surface area contributed by atoms with Crippen LogP contribution in [0.2, 0.25) is 0 Å². The lowest BCUT2D eigenvalue weighted by molar-refractivity contribution is 0.405. The second-order valence-electron chi connectivity index (χ2n) is 4.11. The van der Waals surface area contributed by atoms with Crippen molar-refractivity contribution in [2.75, 3.05) is 31.4 Å². The van der Waals surface area contributed by atoms with Crippen molar-refractivity contribution in [2.24, 2.45) is 0 Å². The largest absolute Gasteiger partial charge is 0.497 e. The molecular formula is C14H17BrN4O2. The lowest BCUT2D eigenvalue weighted by atomic mass is 10.2. The van der Waals surface area contributed by atoms with Crippen molar-refractivity contribution in [1.82, 2.24) is 9.97 Å². The van der Waals surface area contributed by atoms with Gasteiger partial charge in [0.1, 0.15) is 17.3 Å². The van der Waals surface area contributed by atoms with Crippen LogP contribution in [0, 0.1) is 0 Å². The van der Waals surface area contributed by atoms with E-state index in [4.69, 9.17) is 9.47 Å². The van der Waals surface area contributed by atoms with Crippen molar-refractivity contribution >= 4 is 33.4 Å². The third-order valence-electron chi connectivity index (χ3n) is 2.74. The van der Waals surface area contributed by atoms with Gasteiger partial charge in [-0.1, -0.05) is 0 Å². The molecule has 1 aromatic carbocycles. The van der Waals surface area contributed by atoms with Crippen molar-refractivity contribution < 1.29 is 9.47 Å². The van der Waals surface area contributed by atoms with Gasteiger partial charge >= 0.3 is 0 Å². The molecule has 2 N–H and O–H groups in total. The van der Waals surface area contributed by atoms with E-state index in [9.17, 15) is 0 Å². The molecule has 0 spiro atoms. The maximum Gasteiger partial charge on any atom is 0.224 e. The molecule has 1 aromatic heterocycles. The zero-order chi connectivity index (χ0) is 15.2. The Balaban J connectivity index is 2.34. The number of nitrogens with one attached hydrogen (secondary N) is 2. The summed E-state index contributed by atoms with van der Waals surface area (Å²) in [7, 11) is 3.24. The van der Waals surface area contributed by atoms with Gasteiger partial charge in [-0.25, -0.2) is 4.98 Å². The summed E-state index contributed by atoms with van der Waals surface area (Å²) >= 11 is 3.43. The Morgan fingerprint density at radius 3 is 2.71 bits per heavy atom. The molecule has 7 heteroatoms. The van der Waals surface area contributed by atoms with Gasteiger partial charge in [-0.2, -0.15) is 4.98 Å². The van der Waals surface area contributed by atoms with Crippen LogP contribution in [0.5, 0.6) is 11.5 Å². The summed E-state index contributed by atoms with van der Waals surface area (Å²) in [6, 6.07) is 5.52. The lowest BCUT2D eigenvalue weighted by Gasteiger charge is -2.13. The zero-order valence-corrected chi connectivity index (χ0v) is 13.7. The van der Waals surface area contributed by atoms with E-state index in [1.165, 1.54) is 0 Å². The molecule has 0 atom stereocenters. The number of anilines is 3. The smallest absolute Gasteiger partial charge is 0.224 e. The molecule has 0 saturated heterocycles. The van der Waals surface area contributed by atoms with Crippen LogP contribution in [-0.2, 0) is 0 Å². The SMILES string of the molecule is CCNc1ncc(Br)c(Nc2cc(OC)ccc2OC)n1. The molecule has 0 fully saturated rings. The van der Waals surface area contributed by atoms with Gasteiger partial charge in [0.15, 0.2) is 0 Å². The molecule has 0 aliphatic heterocycles. The Morgan fingerprint density at radius 2 is 2.05 bits per heavy atom. The molecule has 0 unspecified atom stereocenters. The van der Waals surface area contributed by atoms with Crippen LogP contribution in [0.4, 0.5) is 17.5 Å². The summed E-state index contributed by atoms with van der Waals surface area (Å²) in [5, 5.41) is 6.30. The highest BCUT2D eigenvalue weighted by atomic mass is 79.9. The second kappa shape index (κ2) is 7.12. The number of rotatable bonds is 6. The predicted octanol–water partition coefficient (Wildman–Crippen LogP) is 3.43. The van der Waals surface area contributed by atoms with Crippen LogP contribution in [0.1, 0.15) is 6.92 Å². The fourth-order valence-corrected chi connectivity index (χ4v) is 2.03. The van der Waals surface area contributed by atoms with E-state index in [0.717, 1.165) is 22.5 Å². The van der Waals surface area contributed by atoms with Crippen molar-refractivity contribution in [3.63, 3.8) is 0 Å². The van der Waals surface area contributed by atoms with Gasteiger partial charge in [0, 0.05) is 18.8 Å². The highest BCUT2D eigenvalue weighted by Crippen LogP contribution is 2.33. The maximum atomic E-state index is 5.34. The minimum Gasteiger partial charge on any atom is -0.497 e. The van der Waals surface area contributed by atoms with E-state index >= 15 is 0 Å². The number of aromatic nitrogens is 2. The van der Waals surface area contributed by atoms with Gasteiger partial charge in [0.05, 0.1) is 24.4 Å². The maximum absolute atomic E-state index is 5.34. The summed E-state index contributed by atoms with van der Waals surface area (Å²) in [4.78, 5) is 8.59. The summed E-state index contributed by atoms with van der Waals surface area (Å²) in [6.07, 6.45) is 1.69. The van der Waals surface area contributed by atoms with Gasteiger partial charge in [-0.15, -0.1) is 0 Å². The zero-order valence-electron chi connectivity index (χ0n) is 12.1. The molecule has 0 aliphatic rings. The highest BCUT2D eigenvalue weighted by molar-refractivity contribution is 9.10. The fraction of sp³-hybridized carbons (Fsp3) is 0.286. The molecule has 2 aromatic rings. The first-order valence-corrected chi connectivity index (χ1v) is 7.22. The Kier molecular flexibility index (Phi) is 5.21. The van der Waals surface area contributed by atoms with Gasteiger partial charge in [-0.05, 0) is 35.0 Å². The number of hydrogen-bond donors (Lipinski definition) is 2. The number of benzene rings is 1. The molecule has 0 saturated carbocycles. The number of ether oxygens (including phenoxy) is 2. The molecule has 0 aliphatic carbocycles. The topological polar surface area (TPSA) is 68.3 Å². The Hall–Kier alpha value is -2.02. The molecule has 21 heavy (non-hydrogen) atoms. The summed E-state index contributed by atoms with van der Waals surface area (Å²) in [5.41, 5.74) is 0.763. The van der Waals surface area contributed by atoms with Crippen LogP contribution < -0.4 is 20.1 Å². The lowest BCUT2D eigenvalue weighted by Crippen LogP contribution is -2.05. The molecule has 0 amide bonds. The van der Waals surface area contributed by atoms with E-state index in [0.29, 0.717) is 17.5 Å². The average molecular weight is 353 g/mol. The monoisotopic (exact) mass is 352 g/mol. The molecule has 112 valence electrons. The third-order valence-corrected chi connectivity index (χ3v) is 3.32. The first-order chi connectivity index (χ1) is 10.2. The van der Waals surface area contributed by atoms with Gasteiger partial charge < -0.3 is 20.1 Å². The van der Waals surface area contributed by atoms with Crippen LogP contribution in [-0.4, -0.2) is 30.7 Å². The normalized spacial score (nSPS) is 10.1. The van der Waals surface area contributed by atoms with Gasteiger partial charge in [-0.3, -0.25) is 0 Å². The minimum atomic E-state index is 0.560. The van der Waals surface area contributed by atoms with Crippen LogP contribution in [0.25, 0.3) is 0 Å². The number of halogens is 1. The van der Waals surface area contributed by atoms with E-state index in [-0.39, 0.29) is 0 Å². The standard InChI is InChI=1S/C14H17BrN4O2/c1-4-16-14-17-8-10(15)13(19-14)18-11-7-9(20-2)5-6-12(11)21-3/h5-8H,4H2,1-3H3,(H2,16,17,18,19). The van der Waals surface area contributed by atoms with Crippen molar-refractivity contribution in [3.8, 4) is 11.5 Å². The molecule has 2 rings (SSSR count). The second-order valence-corrected chi connectivity index (χ2v) is 4.97. The van der Waals surface area contributed by atoms with Crippen LogP contribution >= 0.6 is 15.9 Å². The first kappa shape index (κ1) is 15.4. The molecule has 1 heterocycles. The number of nitrogens with zero attached hydrogens (tertiary/aromatic N) is 2. The Labute approximate surface area is 132 Å². The number of methoxy groups -OCH3 is 2. The quantitative estimate of drug-likeness (QED) is 0.829. The van der Waals surface area contributed by atoms with E-state index in [2.05, 4.69) is 36.5 Å². The molecule has 0 radical (unpaired) electrons.